The molecule has 2 aromatic rings. The number of hydrogen-bond acceptors (Lipinski definition) is 5. The van der Waals surface area contributed by atoms with E-state index in [-0.39, 0.29) is 24.6 Å². The number of carbonyl (C=O) groups is 2. The van der Waals surface area contributed by atoms with E-state index < -0.39 is 5.97 Å². The van der Waals surface area contributed by atoms with Crippen LogP contribution in [0.25, 0.3) is 0 Å². The number of esters is 2. The Kier molecular flexibility index (Phi) is 7.53. The van der Waals surface area contributed by atoms with Gasteiger partial charge >= 0.3 is 11.9 Å². The second kappa shape index (κ2) is 10.3. The summed E-state index contributed by atoms with van der Waals surface area (Å²) in [7, 11) is 0. The fourth-order valence-corrected chi connectivity index (χ4v) is 3.65. The van der Waals surface area contributed by atoms with Gasteiger partial charge in [0.25, 0.3) is 0 Å². The van der Waals surface area contributed by atoms with Gasteiger partial charge in [-0.25, -0.2) is 4.79 Å². The predicted octanol–water partition coefficient (Wildman–Crippen LogP) is 5.20. The zero-order chi connectivity index (χ0) is 20.6. The number of halogens is 1. The molecule has 0 radical (unpaired) electrons. The molecule has 1 aliphatic carbocycles. The maximum atomic E-state index is 12.3. The molecule has 0 aliphatic heterocycles. The van der Waals surface area contributed by atoms with Crippen molar-refractivity contribution in [3.05, 3.63) is 64.7 Å². The number of hydrogen-bond donors (Lipinski definition) is 0. The lowest BCUT2D eigenvalue weighted by molar-refractivity contribution is -0.149. The third kappa shape index (κ3) is 5.97. The van der Waals surface area contributed by atoms with E-state index in [0.29, 0.717) is 22.9 Å². The van der Waals surface area contributed by atoms with Crippen LogP contribution in [0.15, 0.2) is 48.5 Å². The summed E-state index contributed by atoms with van der Waals surface area (Å²) < 4.78 is 16.4. The van der Waals surface area contributed by atoms with E-state index in [2.05, 4.69) is 0 Å². The van der Waals surface area contributed by atoms with Crippen LogP contribution in [0.1, 0.15) is 48.5 Å². The van der Waals surface area contributed by atoms with Crippen LogP contribution < -0.4 is 4.74 Å². The highest BCUT2D eigenvalue weighted by molar-refractivity contribution is 6.33. The molecule has 29 heavy (non-hydrogen) atoms. The van der Waals surface area contributed by atoms with Crippen LogP contribution >= 0.6 is 11.6 Å². The molecule has 1 saturated carbocycles. The van der Waals surface area contributed by atoms with Crippen molar-refractivity contribution >= 4 is 23.5 Å². The third-order valence-electron chi connectivity index (χ3n) is 4.97. The largest absolute Gasteiger partial charge is 0.490 e. The van der Waals surface area contributed by atoms with Gasteiger partial charge in [0.05, 0.1) is 29.2 Å². The average Bonchev–Trinajstić information content (AvgIpc) is 2.73. The topological polar surface area (TPSA) is 61.8 Å². The van der Waals surface area contributed by atoms with Crippen LogP contribution in [0.2, 0.25) is 5.02 Å². The van der Waals surface area contributed by atoms with Crippen LogP contribution in [0, 0.1) is 5.92 Å². The fraction of sp³-hybridized carbons (Fsp3) is 0.391. The molecule has 5 nitrogen and oxygen atoms in total. The highest BCUT2D eigenvalue weighted by Gasteiger charge is 2.28. The summed E-state index contributed by atoms with van der Waals surface area (Å²) in [6.45, 7) is 2.42. The van der Waals surface area contributed by atoms with Crippen molar-refractivity contribution in [3.8, 4) is 5.75 Å². The van der Waals surface area contributed by atoms with Crippen molar-refractivity contribution in [2.75, 3.05) is 6.61 Å². The average molecular weight is 417 g/mol. The molecule has 0 unspecified atom stereocenters. The quantitative estimate of drug-likeness (QED) is 0.580. The summed E-state index contributed by atoms with van der Waals surface area (Å²) in [6.07, 6.45) is 3.08. The molecular formula is C23H25ClO5. The second-order valence-electron chi connectivity index (χ2n) is 7.05. The Labute approximate surface area is 175 Å². The Balaban J connectivity index is 1.52. The van der Waals surface area contributed by atoms with E-state index in [4.69, 9.17) is 25.8 Å². The number of rotatable bonds is 7. The summed E-state index contributed by atoms with van der Waals surface area (Å²) in [5, 5.41) is 0.292. The first-order chi connectivity index (χ1) is 14.1. The molecule has 0 saturated heterocycles. The second-order valence-corrected chi connectivity index (χ2v) is 7.45. The first kappa shape index (κ1) is 21.2. The zero-order valence-electron chi connectivity index (χ0n) is 16.4. The number of ether oxygens (including phenoxy) is 3. The molecule has 0 spiro atoms. The van der Waals surface area contributed by atoms with Crippen molar-refractivity contribution in [2.45, 2.75) is 45.3 Å². The monoisotopic (exact) mass is 416 g/mol. The van der Waals surface area contributed by atoms with Crippen molar-refractivity contribution in [1.82, 2.24) is 0 Å². The number of benzene rings is 2. The molecule has 0 bridgehead atoms. The van der Waals surface area contributed by atoms with Gasteiger partial charge in [0.2, 0.25) is 0 Å². The van der Waals surface area contributed by atoms with Gasteiger partial charge in [0, 0.05) is 0 Å². The summed E-state index contributed by atoms with van der Waals surface area (Å²) in [6, 6.07) is 14.5. The summed E-state index contributed by atoms with van der Waals surface area (Å²) in [5.41, 5.74) is 1.22. The fourth-order valence-electron chi connectivity index (χ4n) is 3.40. The van der Waals surface area contributed by atoms with Gasteiger partial charge < -0.3 is 14.2 Å². The third-order valence-corrected chi connectivity index (χ3v) is 5.28. The molecule has 6 heteroatoms. The summed E-state index contributed by atoms with van der Waals surface area (Å²) in [5.74, 6) is -0.0259. The van der Waals surface area contributed by atoms with Gasteiger partial charge in [-0.15, -0.1) is 0 Å². The molecule has 3 rings (SSSR count). The molecule has 0 amide bonds. The van der Waals surface area contributed by atoms with Gasteiger partial charge in [-0.2, -0.15) is 0 Å². The maximum Gasteiger partial charge on any atom is 0.339 e. The Morgan fingerprint density at radius 3 is 2.38 bits per heavy atom. The molecule has 0 N–H and O–H groups in total. The van der Waals surface area contributed by atoms with E-state index in [9.17, 15) is 9.59 Å². The van der Waals surface area contributed by atoms with Crippen LogP contribution in [-0.4, -0.2) is 24.6 Å². The lowest BCUT2D eigenvalue weighted by atomic mass is 9.87. The minimum absolute atomic E-state index is 0.0209. The van der Waals surface area contributed by atoms with Crippen molar-refractivity contribution < 1.29 is 23.8 Å². The standard InChI is InChI=1S/C23H25ClO5/c1-2-27-22(25)17-8-10-18(11-9-17)29-19-12-13-20(21(24)14-19)23(26)28-15-16-6-4-3-5-7-16/h3-7,12-14,17-18H,2,8-11,15H2,1H3. The summed E-state index contributed by atoms with van der Waals surface area (Å²) >= 11 is 6.28. The molecule has 0 aromatic heterocycles. The van der Waals surface area contributed by atoms with Gasteiger partial charge in [0.15, 0.2) is 0 Å². The van der Waals surface area contributed by atoms with Gasteiger partial charge in [-0.05, 0) is 56.4 Å². The van der Waals surface area contributed by atoms with Crippen molar-refractivity contribution in [2.24, 2.45) is 5.92 Å². The van der Waals surface area contributed by atoms with Gasteiger partial charge in [0.1, 0.15) is 12.4 Å². The predicted molar refractivity (Wildman–Crippen MR) is 110 cm³/mol. The van der Waals surface area contributed by atoms with Crippen LogP contribution in [0.4, 0.5) is 0 Å². The highest BCUT2D eigenvalue weighted by Crippen LogP contribution is 2.30. The molecule has 0 heterocycles. The van der Waals surface area contributed by atoms with Crippen LogP contribution in [0.3, 0.4) is 0 Å². The lowest BCUT2D eigenvalue weighted by Crippen LogP contribution is -2.29. The molecule has 154 valence electrons. The van der Waals surface area contributed by atoms with E-state index in [1.165, 1.54) is 0 Å². The molecule has 1 fully saturated rings. The first-order valence-corrected chi connectivity index (χ1v) is 10.3. The van der Waals surface area contributed by atoms with Gasteiger partial charge in [-0.1, -0.05) is 41.9 Å². The smallest absolute Gasteiger partial charge is 0.339 e. The van der Waals surface area contributed by atoms with Crippen LogP contribution in [-0.2, 0) is 20.9 Å². The van der Waals surface area contributed by atoms with Crippen LogP contribution in [0.5, 0.6) is 5.75 Å². The van der Waals surface area contributed by atoms with E-state index in [1.54, 1.807) is 18.2 Å². The Morgan fingerprint density at radius 1 is 1.00 bits per heavy atom. The highest BCUT2D eigenvalue weighted by atomic mass is 35.5. The Bertz CT molecular complexity index is 828. The normalized spacial score (nSPS) is 18.7. The molecule has 0 atom stereocenters. The minimum atomic E-state index is -0.472. The SMILES string of the molecule is CCOC(=O)C1CCC(Oc2ccc(C(=O)OCc3ccccc3)c(Cl)c2)CC1. The summed E-state index contributed by atoms with van der Waals surface area (Å²) in [4.78, 5) is 24.1. The van der Waals surface area contributed by atoms with Crippen molar-refractivity contribution in [1.29, 1.82) is 0 Å². The van der Waals surface area contributed by atoms with Gasteiger partial charge in [-0.3, -0.25) is 4.79 Å². The minimum Gasteiger partial charge on any atom is -0.490 e. The maximum absolute atomic E-state index is 12.3. The molecule has 2 aromatic carbocycles. The van der Waals surface area contributed by atoms with E-state index in [0.717, 1.165) is 31.2 Å². The Hall–Kier alpha value is -2.53. The van der Waals surface area contributed by atoms with Crippen molar-refractivity contribution in [3.63, 3.8) is 0 Å². The first-order valence-electron chi connectivity index (χ1n) is 9.90. The van der Waals surface area contributed by atoms with E-state index in [1.807, 2.05) is 37.3 Å². The zero-order valence-corrected chi connectivity index (χ0v) is 17.2. The lowest BCUT2D eigenvalue weighted by Gasteiger charge is -2.27. The molecular weight excluding hydrogens is 392 g/mol. The van der Waals surface area contributed by atoms with E-state index >= 15 is 0 Å². The molecule has 1 aliphatic rings. The number of carbonyl (C=O) groups excluding carboxylic acids is 2. The Morgan fingerprint density at radius 2 is 1.72 bits per heavy atom.